The molecule has 10 aromatic carbocycles. The first-order chi connectivity index (χ1) is 29.8. The Morgan fingerprint density at radius 3 is 1.33 bits per heavy atom. The van der Waals surface area contributed by atoms with Gasteiger partial charge in [0.25, 0.3) is 0 Å². The fraction of sp³-hybridized carbons (Fsp3) is 0. The van der Waals surface area contributed by atoms with Crippen LogP contribution >= 0.6 is 0 Å². The molecule has 11 rings (SSSR count). The summed E-state index contributed by atoms with van der Waals surface area (Å²) < 4.78 is 2.41. The number of anilines is 3. The van der Waals surface area contributed by atoms with Crippen molar-refractivity contribution in [2.75, 3.05) is 4.90 Å². The highest BCUT2D eigenvalue weighted by Gasteiger charge is 2.17. The molecule has 0 unspecified atom stereocenters. The molecule has 0 fully saturated rings. The maximum atomic E-state index is 2.41. The van der Waals surface area contributed by atoms with Gasteiger partial charge < -0.3 is 9.47 Å². The molecule has 0 atom stereocenters. The lowest BCUT2D eigenvalue weighted by molar-refractivity contribution is 1.18. The van der Waals surface area contributed by atoms with Gasteiger partial charge in [-0.25, -0.2) is 0 Å². The Morgan fingerprint density at radius 1 is 0.267 bits per heavy atom. The van der Waals surface area contributed by atoms with Gasteiger partial charge in [0.15, 0.2) is 0 Å². The second-order valence-corrected chi connectivity index (χ2v) is 15.3. The van der Waals surface area contributed by atoms with E-state index in [9.17, 15) is 0 Å². The number of para-hydroxylation sites is 4. The summed E-state index contributed by atoms with van der Waals surface area (Å²) in [7, 11) is 0. The Labute approximate surface area is 350 Å². The number of nitrogens with zero attached hydrogens (tertiary/aromatic N) is 2. The van der Waals surface area contributed by atoms with Gasteiger partial charge in [-0.3, -0.25) is 0 Å². The summed E-state index contributed by atoms with van der Waals surface area (Å²) in [6.45, 7) is 0. The van der Waals surface area contributed by atoms with E-state index >= 15 is 0 Å². The molecule has 282 valence electrons. The molecule has 2 nitrogen and oxygen atoms in total. The van der Waals surface area contributed by atoms with Crippen LogP contribution in [0, 0.1) is 0 Å². The summed E-state index contributed by atoms with van der Waals surface area (Å²) in [4.78, 5) is 2.33. The van der Waals surface area contributed by atoms with Gasteiger partial charge in [0.1, 0.15) is 0 Å². The maximum absolute atomic E-state index is 2.41. The topological polar surface area (TPSA) is 8.17 Å². The second-order valence-electron chi connectivity index (χ2n) is 15.3. The molecule has 11 aromatic rings. The van der Waals surface area contributed by atoms with Crippen LogP contribution in [0.5, 0.6) is 0 Å². The quantitative estimate of drug-likeness (QED) is 0.150. The lowest BCUT2D eigenvalue weighted by Gasteiger charge is -2.26. The van der Waals surface area contributed by atoms with Crippen molar-refractivity contribution in [2.24, 2.45) is 0 Å². The van der Waals surface area contributed by atoms with E-state index in [1.165, 1.54) is 82.8 Å². The summed E-state index contributed by atoms with van der Waals surface area (Å²) in [5, 5.41) is 5.04. The molecule has 0 spiro atoms. The molecule has 0 aliphatic rings. The average molecular weight is 765 g/mol. The van der Waals surface area contributed by atoms with Crippen molar-refractivity contribution in [2.45, 2.75) is 0 Å². The molecule has 0 aliphatic heterocycles. The first-order valence-corrected chi connectivity index (χ1v) is 20.6. The van der Waals surface area contributed by atoms with Crippen LogP contribution in [0.1, 0.15) is 0 Å². The Kier molecular flexibility index (Phi) is 8.87. The fourth-order valence-electron chi connectivity index (χ4n) is 8.90. The van der Waals surface area contributed by atoms with Gasteiger partial charge in [-0.05, 0) is 110 Å². The van der Waals surface area contributed by atoms with Gasteiger partial charge in [0, 0.05) is 33.4 Å². The van der Waals surface area contributed by atoms with Crippen molar-refractivity contribution in [1.29, 1.82) is 0 Å². The summed E-state index contributed by atoms with van der Waals surface area (Å²) in [5.41, 5.74) is 16.5. The molecule has 0 aliphatic carbocycles. The molecular weight excluding hydrogens is 725 g/mol. The van der Waals surface area contributed by atoms with E-state index < -0.39 is 0 Å². The maximum Gasteiger partial charge on any atom is 0.0541 e. The first-order valence-electron chi connectivity index (χ1n) is 20.6. The van der Waals surface area contributed by atoms with Crippen molar-refractivity contribution < 1.29 is 0 Å². The molecule has 1 heterocycles. The van der Waals surface area contributed by atoms with Gasteiger partial charge in [-0.15, -0.1) is 0 Å². The predicted octanol–water partition coefficient (Wildman–Crippen LogP) is 16.1. The van der Waals surface area contributed by atoms with E-state index in [-0.39, 0.29) is 0 Å². The van der Waals surface area contributed by atoms with Crippen molar-refractivity contribution >= 4 is 49.6 Å². The number of hydrogen-bond acceptors (Lipinski definition) is 1. The largest absolute Gasteiger partial charge is 0.311 e. The van der Waals surface area contributed by atoms with Gasteiger partial charge in [0.05, 0.1) is 16.7 Å². The van der Waals surface area contributed by atoms with Gasteiger partial charge >= 0.3 is 0 Å². The molecule has 0 N–H and O–H groups in total. The number of aromatic nitrogens is 1. The average Bonchev–Trinajstić information content (AvgIpc) is 3.67. The molecule has 1 aromatic heterocycles. The van der Waals surface area contributed by atoms with Crippen LogP contribution in [-0.4, -0.2) is 4.57 Å². The Balaban J connectivity index is 0.898. The summed E-state index contributed by atoms with van der Waals surface area (Å²) in [6.07, 6.45) is 0. The number of fused-ring (bicyclic) bond motifs is 4. The van der Waals surface area contributed by atoms with Crippen LogP contribution in [0.4, 0.5) is 17.1 Å². The zero-order valence-corrected chi connectivity index (χ0v) is 33.0. The normalized spacial score (nSPS) is 11.3. The minimum atomic E-state index is 1.10. The summed E-state index contributed by atoms with van der Waals surface area (Å²) >= 11 is 0. The van der Waals surface area contributed by atoms with Gasteiger partial charge in [-0.1, -0.05) is 182 Å². The van der Waals surface area contributed by atoms with E-state index in [4.69, 9.17) is 0 Å². The lowest BCUT2D eigenvalue weighted by Crippen LogP contribution is -2.09. The minimum absolute atomic E-state index is 1.10. The highest BCUT2D eigenvalue weighted by molar-refractivity contribution is 6.09. The molecule has 0 saturated carbocycles. The molecule has 2 heteroatoms. The zero-order chi connectivity index (χ0) is 39.8. The molecule has 0 radical (unpaired) electrons. The monoisotopic (exact) mass is 764 g/mol. The Morgan fingerprint density at radius 2 is 0.683 bits per heavy atom. The van der Waals surface area contributed by atoms with Crippen LogP contribution in [0.25, 0.3) is 82.8 Å². The van der Waals surface area contributed by atoms with Crippen molar-refractivity contribution in [3.05, 3.63) is 243 Å². The molecular formula is C58H40N2. The standard InChI is InChI=1S/C58H40N2/c1-2-16-48(17-3-1)59(50-38-34-44(35-39-50)51-18-6-7-19-52(51)47-31-28-41-14-4-5-15-46(41)40-47)49-36-32-43(33-37-49)42-26-29-45(30-27-42)53-20-8-11-23-56(53)60-57-24-12-9-21-54(57)55-22-10-13-25-58(55)60/h1-40H. The Hall–Kier alpha value is -7.94. The second kappa shape index (κ2) is 15.1. The van der Waals surface area contributed by atoms with Gasteiger partial charge in [-0.2, -0.15) is 0 Å². The molecule has 0 saturated heterocycles. The number of hydrogen-bond donors (Lipinski definition) is 0. The van der Waals surface area contributed by atoms with Crippen molar-refractivity contribution in [3.63, 3.8) is 0 Å². The van der Waals surface area contributed by atoms with E-state index in [0.29, 0.717) is 0 Å². The van der Waals surface area contributed by atoms with Crippen LogP contribution in [0.3, 0.4) is 0 Å². The lowest BCUT2D eigenvalue weighted by atomic mass is 9.93. The molecule has 60 heavy (non-hydrogen) atoms. The third kappa shape index (κ3) is 6.32. The number of rotatable bonds is 8. The summed E-state index contributed by atoms with van der Waals surface area (Å²) in [6, 6.07) is 87.7. The van der Waals surface area contributed by atoms with E-state index in [0.717, 1.165) is 17.1 Å². The van der Waals surface area contributed by atoms with Crippen LogP contribution in [0.2, 0.25) is 0 Å². The number of benzene rings is 10. The first kappa shape index (κ1) is 35.2. The van der Waals surface area contributed by atoms with E-state index in [2.05, 4.69) is 252 Å². The fourth-order valence-corrected chi connectivity index (χ4v) is 8.90. The molecule has 0 amide bonds. The highest BCUT2D eigenvalue weighted by Crippen LogP contribution is 2.40. The summed E-state index contributed by atoms with van der Waals surface area (Å²) in [5.74, 6) is 0. The zero-order valence-electron chi connectivity index (χ0n) is 33.0. The van der Waals surface area contributed by atoms with E-state index in [1.807, 2.05) is 0 Å². The predicted molar refractivity (Wildman–Crippen MR) is 255 cm³/mol. The third-order valence-electron chi connectivity index (χ3n) is 11.8. The van der Waals surface area contributed by atoms with Crippen LogP contribution in [0.15, 0.2) is 243 Å². The van der Waals surface area contributed by atoms with Crippen LogP contribution < -0.4 is 4.90 Å². The van der Waals surface area contributed by atoms with Gasteiger partial charge in [0.2, 0.25) is 0 Å². The third-order valence-corrected chi connectivity index (χ3v) is 11.8. The smallest absolute Gasteiger partial charge is 0.0541 e. The SMILES string of the molecule is c1ccc(N(c2ccc(-c3ccc(-c4ccccc4-n4c5ccccc5c5ccccc54)cc3)cc2)c2ccc(-c3ccccc3-c3ccc4ccccc4c3)cc2)cc1. The van der Waals surface area contributed by atoms with Crippen LogP contribution in [-0.2, 0) is 0 Å². The van der Waals surface area contributed by atoms with E-state index in [1.54, 1.807) is 0 Å². The minimum Gasteiger partial charge on any atom is -0.311 e. The van der Waals surface area contributed by atoms with Crippen molar-refractivity contribution in [3.8, 4) is 50.2 Å². The van der Waals surface area contributed by atoms with Crippen molar-refractivity contribution in [1.82, 2.24) is 4.57 Å². The Bertz CT molecular complexity index is 3230. The highest BCUT2D eigenvalue weighted by atomic mass is 15.1. The molecule has 0 bridgehead atoms.